The van der Waals surface area contributed by atoms with Gasteiger partial charge in [0.2, 0.25) is 5.16 Å². The van der Waals surface area contributed by atoms with Crippen LogP contribution in [-0.4, -0.2) is 133 Å². The predicted molar refractivity (Wildman–Crippen MR) is 159 cm³/mol. The number of nitrogens with zero attached hydrogens (tertiary/aromatic N) is 6. The molecule has 0 bridgehead atoms. The maximum Gasteiger partial charge on any atom is 0.355 e. The van der Waals surface area contributed by atoms with Gasteiger partial charge in [0, 0.05) is 11.5 Å². The first-order chi connectivity index (χ1) is 21.0. The Balaban J connectivity index is 1.59. The number of aliphatic hydroxyl groups is 1. The summed E-state index contributed by atoms with van der Waals surface area (Å²) in [6.45, 7) is 0.155. The Morgan fingerprint density at radius 1 is 1.22 bits per heavy atom. The molecule has 0 radical (unpaired) electrons. The number of tetrazole rings is 1. The molecule has 1 aromatic carbocycles. The number of likely N-dealkylation sites (N-methyl/N-ethyl adjacent to an activating group) is 1. The number of hydrogen-bond donors (Lipinski definition) is 4. The van der Waals surface area contributed by atoms with Crippen LogP contribution < -0.4 is 5.32 Å². The van der Waals surface area contributed by atoms with Crippen molar-refractivity contribution in [1.82, 2.24) is 30.4 Å². The van der Waals surface area contributed by atoms with E-state index in [1.54, 1.807) is 51.5 Å². The number of aromatic nitrogens is 4. The number of carboxylic acids is 1. The van der Waals surface area contributed by atoms with Gasteiger partial charge in [-0.3, -0.25) is 23.8 Å². The number of quaternary nitrogens is 1. The number of carboxylic acid groups (broad SMARTS) is 1. The van der Waals surface area contributed by atoms with Gasteiger partial charge in [-0.25, -0.2) is 9.48 Å². The van der Waals surface area contributed by atoms with E-state index in [0.29, 0.717) is 11.1 Å². The second-order valence-corrected chi connectivity index (χ2v) is 14.7. The topological polar surface area (TPSA) is 231 Å². The Kier molecular flexibility index (Phi) is 10.5. The van der Waals surface area contributed by atoms with Gasteiger partial charge in [-0.1, -0.05) is 42.1 Å². The quantitative estimate of drug-likeness (QED) is 0.0620. The Morgan fingerprint density at radius 2 is 1.91 bits per heavy atom. The van der Waals surface area contributed by atoms with Crippen molar-refractivity contribution in [3.63, 3.8) is 0 Å². The number of ether oxygens (including phenoxy) is 1. The average molecular weight is 687 g/mol. The van der Waals surface area contributed by atoms with Crippen molar-refractivity contribution in [3.8, 4) is 0 Å². The lowest BCUT2D eigenvalue weighted by Crippen LogP contribution is -2.71. The lowest BCUT2D eigenvalue weighted by Gasteiger charge is -2.50. The van der Waals surface area contributed by atoms with E-state index in [1.807, 2.05) is 0 Å². The van der Waals surface area contributed by atoms with Crippen molar-refractivity contribution >= 4 is 57.4 Å². The maximum absolute atomic E-state index is 13.7. The van der Waals surface area contributed by atoms with E-state index in [-0.39, 0.29) is 33.4 Å². The molecule has 1 saturated heterocycles. The molecule has 45 heavy (non-hydrogen) atoms. The third kappa shape index (κ3) is 8.79. The Hall–Kier alpha value is -3.56. The van der Waals surface area contributed by atoms with Crippen LogP contribution in [0.5, 0.6) is 0 Å². The fourth-order valence-corrected chi connectivity index (χ4v) is 7.57. The number of fused-ring (bicyclic) bond motifs is 1. The minimum absolute atomic E-state index is 0.00345. The fourth-order valence-electron chi connectivity index (χ4n) is 4.65. The molecule has 20 heteroatoms. The molecule has 3 heterocycles. The fraction of sp³-hybridized carbons (Fsp3) is 0.480. The number of aliphatic carboxylic acids is 1. The predicted octanol–water partition coefficient (Wildman–Crippen LogP) is -0.909. The highest BCUT2D eigenvalue weighted by atomic mass is 32.2. The van der Waals surface area contributed by atoms with Crippen molar-refractivity contribution < 1.29 is 51.6 Å². The summed E-state index contributed by atoms with van der Waals surface area (Å²) in [6.07, 6.45) is -3.06. The zero-order valence-corrected chi connectivity index (χ0v) is 26.8. The SMILES string of the molecule is C[N+](C)(C)CC(CC(=O)O)OC(=O)C1=C(CSc2nnnn2CS(=O)(=O)O)CS[C@@H]2[C@H](NC(=O)[C@H](O)c3ccccc3)C(=O)N12. The molecule has 244 valence electrons. The summed E-state index contributed by atoms with van der Waals surface area (Å²) in [5.74, 6) is -4.34. The van der Waals surface area contributed by atoms with Crippen molar-refractivity contribution in [2.75, 3.05) is 39.2 Å². The van der Waals surface area contributed by atoms with Crippen molar-refractivity contribution in [1.29, 1.82) is 0 Å². The van der Waals surface area contributed by atoms with E-state index >= 15 is 0 Å². The molecule has 1 aromatic heterocycles. The smallest absolute Gasteiger partial charge is 0.355 e. The molecule has 2 amide bonds. The van der Waals surface area contributed by atoms with E-state index in [2.05, 4.69) is 20.8 Å². The van der Waals surface area contributed by atoms with Crippen LogP contribution in [0.15, 0.2) is 46.8 Å². The van der Waals surface area contributed by atoms with Gasteiger partial charge in [-0.05, 0) is 21.6 Å². The van der Waals surface area contributed by atoms with Crippen LogP contribution in [0.3, 0.4) is 0 Å². The highest BCUT2D eigenvalue weighted by Crippen LogP contribution is 2.42. The van der Waals surface area contributed by atoms with Gasteiger partial charge in [0.1, 0.15) is 23.7 Å². The molecular formula is C25H32N7O10S3+. The molecule has 2 aromatic rings. The third-order valence-corrected chi connectivity index (χ3v) is 9.44. The molecule has 4 atom stereocenters. The summed E-state index contributed by atoms with van der Waals surface area (Å²) >= 11 is 2.17. The number of rotatable bonds is 14. The van der Waals surface area contributed by atoms with Crippen LogP contribution in [-0.2, 0) is 39.9 Å². The summed E-state index contributed by atoms with van der Waals surface area (Å²) in [4.78, 5) is 52.6. The van der Waals surface area contributed by atoms with Gasteiger partial charge < -0.3 is 24.7 Å². The summed E-state index contributed by atoms with van der Waals surface area (Å²) in [7, 11) is 0.920. The first-order valence-electron chi connectivity index (χ1n) is 13.3. The van der Waals surface area contributed by atoms with Crippen LogP contribution in [0.4, 0.5) is 0 Å². The highest BCUT2D eigenvalue weighted by Gasteiger charge is 2.55. The first-order valence-corrected chi connectivity index (χ1v) is 17.0. The molecule has 4 N–H and O–H groups in total. The number of aliphatic hydroxyl groups excluding tert-OH is 1. The van der Waals surface area contributed by atoms with Gasteiger partial charge in [-0.15, -0.1) is 16.9 Å². The first kappa shape index (κ1) is 34.3. The zero-order chi connectivity index (χ0) is 33.1. The third-order valence-electron chi connectivity index (χ3n) is 6.49. The zero-order valence-electron chi connectivity index (χ0n) is 24.3. The summed E-state index contributed by atoms with van der Waals surface area (Å²) in [5, 5.41) is 32.4. The molecule has 1 fully saturated rings. The number of β-lactam (4-membered cyclic amide) rings is 1. The summed E-state index contributed by atoms with van der Waals surface area (Å²) < 4.78 is 38.7. The Labute approximate surface area is 266 Å². The highest BCUT2D eigenvalue weighted by molar-refractivity contribution is 8.01. The molecule has 0 spiro atoms. The summed E-state index contributed by atoms with van der Waals surface area (Å²) in [6, 6.07) is 7.08. The second kappa shape index (κ2) is 13.8. The molecule has 1 unspecified atom stereocenters. The van der Waals surface area contributed by atoms with E-state index in [1.165, 1.54) is 11.8 Å². The molecule has 2 aliphatic heterocycles. The van der Waals surface area contributed by atoms with Gasteiger partial charge in [0.05, 0.1) is 27.6 Å². The number of benzene rings is 1. The molecule has 4 rings (SSSR count). The van der Waals surface area contributed by atoms with Gasteiger partial charge in [0.15, 0.2) is 18.1 Å². The number of hydrogen-bond acceptors (Lipinski definition) is 13. The molecule has 2 aliphatic rings. The average Bonchev–Trinajstić information content (AvgIpc) is 3.37. The number of thioether (sulfide) groups is 2. The minimum atomic E-state index is -4.47. The standard InChI is InChI=1S/C25H31N7O10S3/c1-32(2,3)10-16(9-17(33)34)42-24(38)19-15(12-44-25-27-28-29-30(25)13-45(39,40)41)11-43-23-18(22(37)31(19)23)26-21(36)20(35)14-7-5-4-6-8-14/h4-8,16,18,20,23,35H,9-13H2,1-3H3,(H2-,26,33,34,36,39,40,41)/p+1/t16?,18-,20-,23-/m1/s1. The largest absolute Gasteiger partial charge is 0.481 e. The lowest BCUT2D eigenvalue weighted by molar-refractivity contribution is -0.873. The van der Waals surface area contributed by atoms with E-state index < -0.39 is 69.8 Å². The maximum atomic E-state index is 13.7. The Bertz CT molecular complexity index is 1590. The minimum Gasteiger partial charge on any atom is -0.481 e. The van der Waals surface area contributed by atoms with Gasteiger partial charge in [0.25, 0.3) is 21.9 Å². The Morgan fingerprint density at radius 3 is 2.53 bits per heavy atom. The molecule has 0 saturated carbocycles. The van der Waals surface area contributed by atoms with E-state index in [9.17, 15) is 42.4 Å². The number of carbonyl (C=O) groups excluding carboxylic acids is 3. The molecule has 17 nitrogen and oxygen atoms in total. The van der Waals surface area contributed by atoms with E-state index in [0.717, 1.165) is 21.3 Å². The second-order valence-electron chi connectivity index (χ2n) is 11.2. The number of nitrogens with one attached hydrogen (secondary N) is 1. The van der Waals surface area contributed by atoms with Gasteiger partial charge in [-0.2, -0.15) is 8.42 Å². The number of esters is 1. The summed E-state index contributed by atoms with van der Waals surface area (Å²) in [5.41, 5.74) is 0.571. The van der Waals surface area contributed by atoms with E-state index in [4.69, 9.17) is 4.74 Å². The van der Waals surface area contributed by atoms with Crippen LogP contribution in [0, 0.1) is 0 Å². The lowest BCUT2D eigenvalue weighted by atomic mass is 10.0. The van der Waals surface area contributed by atoms with Crippen molar-refractivity contribution in [3.05, 3.63) is 47.2 Å². The van der Waals surface area contributed by atoms with Crippen molar-refractivity contribution in [2.45, 2.75) is 41.1 Å². The van der Waals surface area contributed by atoms with Crippen LogP contribution >= 0.6 is 23.5 Å². The van der Waals surface area contributed by atoms with Gasteiger partial charge >= 0.3 is 11.9 Å². The molecular weight excluding hydrogens is 655 g/mol. The van der Waals surface area contributed by atoms with Crippen LogP contribution in [0.2, 0.25) is 0 Å². The monoisotopic (exact) mass is 686 g/mol. The number of carbonyl (C=O) groups is 4. The normalized spacial score (nSPS) is 19.8. The van der Waals surface area contributed by atoms with Crippen molar-refractivity contribution in [2.24, 2.45) is 0 Å². The number of amides is 2. The van der Waals surface area contributed by atoms with Crippen LogP contribution in [0.25, 0.3) is 0 Å². The molecule has 0 aliphatic carbocycles. The van der Waals surface area contributed by atoms with Crippen LogP contribution in [0.1, 0.15) is 18.1 Å².